The summed E-state index contributed by atoms with van der Waals surface area (Å²) in [5.74, 6) is 2.11. The molecular formula is C13H20. The molecule has 3 aliphatic rings. The predicted octanol–water partition coefficient (Wildman–Crippen LogP) is 4.07. The van der Waals surface area contributed by atoms with E-state index in [-0.39, 0.29) is 0 Å². The zero-order valence-corrected chi connectivity index (χ0v) is 8.52. The SMILES string of the molecule is C1CCC2CCCC(C3CC3)=C2C1. The second-order valence-electron chi connectivity index (χ2n) is 5.16. The Bertz CT molecular complexity index is 232. The molecule has 1 atom stereocenters. The molecule has 0 amide bonds. The van der Waals surface area contributed by atoms with Gasteiger partial charge in [0.05, 0.1) is 0 Å². The number of hydrogen-bond acceptors (Lipinski definition) is 0. The van der Waals surface area contributed by atoms with Crippen LogP contribution in [-0.2, 0) is 0 Å². The molecule has 0 radical (unpaired) electrons. The van der Waals surface area contributed by atoms with Crippen LogP contribution in [0.15, 0.2) is 11.1 Å². The molecule has 0 aromatic rings. The highest BCUT2D eigenvalue weighted by Gasteiger charge is 2.33. The molecule has 0 heterocycles. The molecule has 13 heavy (non-hydrogen) atoms. The Morgan fingerprint density at radius 3 is 2.00 bits per heavy atom. The van der Waals surface area contributed by atoms with Crippen molar-refractivity contribution >= 4 is 0 Å². The van der Waals surface area contributed by atoms with E-state index in [2.05, 4.69) is 0 Å². The molecule has 2 saturated carbocycles. The molecule has 0 aromatic carbocycles. The van der Waals surface area contributed by atoms with Crippen molar-refractivity contribution in [2.24, 2.45) is 11.8 Å². The number of hydrogen-bond donors (Lipinski definition) is 0. The van der Waals surface area contributed by atoms with E-state index in [1.165, 1.54) is 57.8 Å². The van der Waals surface area contributed by atoms with Crippen molar-refractivity contribution in [1.29, 1.82) is 0 Å². The van der Waals surface area contributed by atoms with E-state index in [1.54, 1.807) is 0 Å². The third-order valence-corrected chi connectivity index (χ3v) is 4.22. The maximum absolute atomic E-state index is 1.94. The number of allylic oxidation sites excluding steroid dienone is 2. The van der Waals surface area contributed by atoms with Crippen molar-refractivity contribution in [2.45, 2.75) is 57.8 Å². The first kappa shape index (κ1) is 8.08. The quantitative estimate of drug-likeness (QED) is 0.528. The van der Waals surface area contributed by atoms with Crippen LogP contribution in [0.25, 0.3) is 0 Å². The summed E-state index contributed by atoms with van der Waals surface area (Å²) in [6, 6.07) is 0. The largest absolute Gasteiger partial charge is 0.0676 e. The van der Waals surface area contributed by atoms with Gasteiger partial charge >= 0.3 is 0 Å². The van der Waals surface area contributed by atoms with Gasteiger partial charge in [0.25, 0.3) is 0 Å². The summed E-state index contributed by atoms with van der Waals surface area (Å²) in [6.45, 7) is 0. The zero-order chi connectivity index (χ0) is 8.67. The molecule has 2 fully saturated rings. The minimum atomic E-state index is 1.04. The summed E-state index contributed by atoms with van der Waals surface area (Å²) in [4.78, 5) is 0. The van der Waals surface area contributed by atoms with Crippen LogP contribution < -0.4 is 0 Å². The lowest BCUT2D eigenvalue weighted by molar-refractivity contribution is 0.387. The molecule has 0 heteroatoms. The van der Waals surface area contributed by atoms with Crippen molar-refractivity contribution in [3.8, 4) is 0 Å². The van der Waals surface area contributed by atoms with Crippen LogP contribution in [0.1, 0.15) is 57.8 Å². The van der Waals surface area contributed by atoms with Gasteiger partial charge < -0.3 is 0 Å². The van der Waals surface area contributed by atoms with E-state index < -0.39 is 0 Å². The molecule has 0 N–H and O–H groups in total. The van der Waals surface area contributed by atoms with Gasteiger partial charge in [-0.15, -0.1) is 0 Å². The second-order valence-corrected chi connectivity index (χ2v) is 5.16. The van der Waals surface area contributed by atoms with E-state index in [9.17, 15) is 0 Å². The molecule has 0 spiro atoms. The van der Waals surface area contributed by atoms with Gasteiger partial charge in [0.15, 0.2) is 0 Å². The molecule has 72 valence electrons. The number of rotatable bonds is 1. The van der Waals surface area contributed by atoms with Crippen LogP contribution in [0.2, 0.25) is 0 Å². The number of fused-ring (bicyclic) bond motifs is 1. The molecule has 1 unspecified atom stereocenters. The van der Waals surface area contributed by atoms with Crippen LogP contribution in [0.5, 0.6) is 0 Å². The van der Waals surface area contributed by atoms with Crippen molar-refractivity contribution in [3.63, 3.8) is 0 Å². The topological polar surface area (TPSA) is 0 Å². The van der Waals surface area contributed by atoms with Gasteiger partial charge in [-0.1, -0.05) is 17.6 Å². The first-order chi connectivity index (χ1) is 6.45. The molecule has 0 aliphatic heterocycles. The third-order valence-electron chi connectivity index (χ3n) is 4.22. The van der Waals surface area contributed by atoms with Gasteiger partial charge in [-0.2, -0.15) is 0 Å². The van der Waals surface area contributed by atoms with E-state index >= 15 is 0 Å². The molecule has 3 aliphatic carbocycles. The van der Waals surface area contributed by atoms with E-state index in [0.717, 1.165) is 11.8 Å². The summed E-state index contributed by atoms with van der Waals surface area (Å²) in [6.07, 6.45) is 13.5. The average Bonchev–Trinajstić information content (AvgIpc) is 3.00. The molecule has 0 aromatic heterocycles. The van der Waals surface area contributed by atoms with Crippen molar-refractivity contribution in [2.75, 3.05) is 0 Å². The van der Waals surface area contributed by atoms with Gasteiger partial charge in [-0.05, 0) is 63.2 Å². The Balaban J connectivity index is 1.89. The zero-order valence-electron chi connectivity index (χ0n) is 8.52. The van der Waals surface area contributed by atoms with E-state index in [0.29, 0.717) is 0 Å². The fraction of sp³-hybridized carbons (Fsp3) is 0.846. The van der Waals surface area contributed by atoms with Crippen molar-refractivity contribution in [3.05, 3.63) is 11.1 Å². The lowest BCUT2D eigenvalue weighted by atomic mass is 9.73. The van der Waals surface area contributed by atoms with Crippen LogP contribution in [0.4, 0.5) is 0 Å². The summed E-state index contributed by atoms with van der Waals surface area (Å²) >= 11 is 0. The van der Waals surface area contributed by atoms with Crippen LogP contribution in [-0.4, -0.2) is 0 Å². The monoisotopic (exact) mass is 176 g/mol. The summed E-state index contributed by atoms with van der Waals surface area (Å²) in [7, 11) is 0. The van der Waals surface area contributed by atoms with E-state index in [4.69, 9.17) is 0 Å². The highest BCUT2D eigenvalue weighted by molar-refractivity contribution is 5.26. The summed E-state index contributed by atoms with van der Waals surface area (Å²) in [5, 5.41) is 0. The highest BCUT2D eigenvalue weighted by Crippen LogP contribution is 2.48. The minimum Gasteiger partial charge on any atom is -0.0676 e. The lowest BCUT2D eigenvalue weighted by Gasteiger charge is -2.32. The Morgan fingerprint density at radius 2 is 1.23 bits per heavy atom. The maximum atomic E-state index is 1.94. The molecule has 3 rings (SSSR count). The Labute approximate surface area is 81.4 Å². The van der Waals surface area contributed by atoms with E-state index in [1.807, 2.05) is 11.1 Å². The van der Waals surface area contributed by atoms with Crippen molar-refractivity contribution < 1.29 is 0 Å². The fourth-order valence-corrected chi connectivity index (χ4v) is 3.42. The first-order valence-electron chi connectivity index (χ1n) is 6.17. The lowest BCUT2D eigenvalue weighted by Crippen LogP contribution is -2.17. The molecule has 0 nitrogen and oxygen atoms in total. The smallest absolute Gasteiger partial charge is 0.0200 e. The summed E-state index contributed by atoms with van der Waals surface area (Å²) < 4.78 is 0. The third kappa shape index (κ3) is 1.45. The van der Waals surface area contributed by atoms with Crippen LogP contribution >= 0.6 is 0 Å². The fourth-order valence-electron chi connectivity index (χ4n) is 3.42. The van der Waals surface area contributed by atoms with Crippen LogP contribution in [0.3, 0.4) is 0 Å². The molecular weight excluding hydrogens is 156 g/mol. The Kier molecular flexibility index (Phi) is 1.96. The Morgan fingerprint density at radius 1 is 0.615 bits per heavy atom. The van der Waals surface area contributed by atoms with Gasteiger partial charge in [0.2, 0.25) is 0 Å². The standard InChI is InChI=1S/C13H20/c1-2-6-12-10(4-1)5-3-7-13(12)11-8-9-11/h10-11H,1-9H2. The average molecular weight is 176 g/mol. The maximum Gasteiger partial charge on any atom is -0.0200 e. The molecule has 0 bridgehead atoms. The van der Waals surface area contributed by atoms with Gasteiger partial charge in [-0.25, -0.2) is 0 Å². The minimum absolute atomic E-state index is 1.04. The van der Waals surface area contributed by atoms with Gasteiger partial charge in [0, 0.05) is 0 Å². The van der Waals surface area contributed by atoms with Crippen LogP contribution in [0, 0.1) is 11.8 Å². The summed E-state index contributed by atoms with van der Waals surface area (Å²) in [5.41, 5.74) is 3.89. The highest BCUT2D eigenvalue weighted by atomic mass is 14.4. The van der Waals surface area contributed by atoms with Gasteiger partial charge in [0.1, 0.15) is 0 Å². The molecule has 0 saturated heterocycles. The Hall–Kier alpha value is -0.260. The second kappa shape index (κ2) is 3.15. The predicted molar refractivity (Wildman–Crippen MR) is 55.6 cm³/mol. The van der Waals surface area contributed by atoms with Crippen molar-refractivity contribution in [1.82, 2.24) is 0 Å². The normalized spacial score (nSPS) is 34.6. The van der Waals surface area contributed by atoms with Gasteiger partial charge in [-0.3, -0.25) is 0 Å². The first-order valence-corrected chi connectivity index (χ1v) is 6.17.